The van der Waals surface area contributed by atoms with Crippen molar-refractivity contribution in [3.63, 3.8) is 0 Å². The molecular formula is C20H22BrN5O3S. The molecule has 0 saturated heterocycles. The number of nitrogens with one attached hydrogen (secondary N) is 2. The summed E-state index contributed by atoms with van der Waals surface area (Å²) in [6.07, 6.45) is 1.53. The van der Waals surface area contributed by atoms with Crippen LogP contribution in [-0.4, -0.2) is 34.6 Å². The topological polar surface area (TPSA) is 106 Å². The van der Waals surface area contributed by atoms with E-state index >= 15 is 0 Å². The molecule has 0 bridgehead atoms. The van der Waals surface area contributed by atoms with Crippen molar-refractivity contribution in [3.05, 3.63) is 70.5 Å². The van der Waals surface area contributed by atoms with Crippen LogP contribution < -0.4 is 10.0 Å². The second kappa shape index (κ2) is 8.66. The molecule has 0 aliphatic carbocycles. The van der Waals surface area contributed by atoms with E-state index in [0.717, 1.165) is 10.0 Å². The zero-order valence-corrected chi connectivity index (χ0v) is 19.2. The zero-order valence-electron chi connectivity index (χ0n) is 16.8. The lowest BCUT2D eigenvalue weighted by Gasteiger charge is -2.20. The number of carbonyl (C=O) groups excluding carboxylic acids is 1. The van der Waals surface area contributed by atoms with Crippen LogP contribution in [0.1, 0.15) is 36.7 Å². The molecule has 2 N–H and O–H groups in total. The van der Waals surface area contributed by atoms with Gasteiger partial charge < -0.3 is 0 Å². The predicted molar refractivity (Wildman–Crippen MR) is 118 cm³/mol. The first-order valence-electron chi connectivity index (χ1n) is 9.11. The highest BCUT2D eigenvalue weighted by atomic mass is 79.9. The monoisotopic (exact) mass is 491 g/mol. The molecule has 10 heteroatoms. The van der Waals surface area contributed by atoms with Gasteiger partial charge >= 0.3 is 0 Å². The minimum atomic E-state index is -3.66. The van der Waals surface area contributed by atoms with E-state index in [4.69, 9.17) is 0 Å². The number of sulfonamides is 1. The first kappa shape index (κ1) is 22.1. The van der Waals surface area contributed by atoms with Crippen LogP contribution in [0.15, 0.2) is 64.2 Å². The molecule has 0 spiro atoms. The van der Waals surface area contributed by atoms with E-state index in [9.17, 15) is 13.2 Å². The third-order valence-electron chi connectivity index (χ3n) is 3.89. The molecule has 1 heterocycles. The maximum absolute atomic E-state index is 12.4. The standard InChI is InChI=1S/C20H22BrN5O3S/c1-20(2,3)25-30(28,29)17-10-6-15(7-11-17)18(27)23-19-22-13-26(24-19)12-14-4-8-16(21)9-5-14/h4-11,13,25H,12H2,1-3H3,(H,23,24,27). The average molecular weight is 492 g/mol. The van der Waals surface area contributed by atoms with E-state index in [0.29, 0.717) is 12.1 Å². The number of hydrogen-bond acceptors (Lipinski definition) is 5. The fraction of sp³-hybridized carbons (Fsp3) is 0.250. The number of nitrogens with zero attached hydrogens (tertiary/aromatic N) is 3. The van der Waals surface area contributed by atoms with E-state index in [-0.39, 0.29) is 10.8 Å². The Bertz CT molecular complexity index is 1130. The molecule has 0 unspecified atom stereocenters. The first-order chi connectivity index (χ1) is 14.0. The summed E-state index contributed by atoms with van der Waals surface area (Å²) in [5.74, 6) is -0.257. The Labute approximate surface area is 183 Å². The van der Waals surface area contributed by atoms with Crippen LogP contribution in [-0.2, 0) is 16.6 Å². The Kier molecular flexibility index (Phi) is 6.39. The van der Waals surface area contributed by atoms with Crippen LogP contribution in [0.4, 0.5) is 5.95 Å². The van der Waals surface area contributed by atoms with Gasteiger partial charge in [0.1, 0.15) is 6.33 Å². The molecular weight excluding hydrogens is 470 g/mol. The highest BCUT2D eigenvalue weighted by Gasteiger charge is 2.22. The van der Waals surface area contributed by atoms with E-state index in [1.165, 1.54) is 30.6 Å². The predicted octanol–water partition coefficient (Wildman–Crippen LogP) is 3.42. The Balaban J connectivity index is 1.65. The summed E-state index contributed by atoms with van der Waals surface area (Å²) in [5, 5.41) is 6.86. The highest BCUT2D eigenvalue weighted by Crippen LogP contribution is 2.15. The van der Waals surface area contributed by atoms with Crippen LogP contribution in [0.25, 0.3) is 0 Å². The second-order valence-electron chi connectivity index (χ2n) is 7.73. The van der Waals surface area contributed by atoms with Gasteiger partial charge in [0.05, 0.1) is 11.4 Å². The summed E-state index contributed by atoms with van der Waals surface area (Å²) in [6.45, 7) is 5.79. The molecule has 1 aromatic heterocycles. The van der Waals surface area contributed by atoms with E-state index in [2.05, 4.69) is 36.1 Å². The van der Waals surface area contributed by atoms with Gasteiger partial charge in [0.15, 0.2) is 0 Å². The Morgan fingerprint density at radius 2 is 1.70 bits per heavy atom. The first-order valence-corrected chi connectivity index (χ1v) is 11.4. The lowest BCUT2D eigenvalue weighted by molar-refractivity contribution is 0.102. The zero-order chi connectivity index (χ0) is 21.9. The van der Waals surface area contributed by atoms with Gasteiger partial charge in [-0.1, -0.05) is 28.1 Å². The third-order valence-corrected chi connectivity index (χ3v) is 6.19. The maximum Gasteiger partial charge on any atom is 0.258 e. The molecule has 30 heavy (non-hydrogen) atoms. The summed E-state index contributed by atoms with van der Waals surface area (Å²) in [5.41, 5.74) is 0.742. The van der Waals surface area contributed by atoms with Crippen LogP contribution in [0.3, 0.4) is 0 Å². The molecule has 3 aromatic rings. The van der Waals surface area contributed by atoms with Crippen molar-refractivity contribution in [2.75, 3.05) is 5.32 Å². The molecule has 3 rings (SSSR count). The number of amides is 1. The van der Waals surface area contributed by atoms with Gasteiger partial charge in [0, 0.05) is 15.6 Å². The third kappa shape index (κ3) is 5.97. The number of hydrogen-bond donors (Lipinski definition) is 2. The Morgan fingerprint density at radius 1 is 1.07 bits per heavy atom. The number of anilines is 1. The molecule has 0 radical (unpaired) electrons. The normalized spacial score (nSPS) is 12.0. The minimum absolute atomic E-state index is 0.0888. The number of rotatable bonds is 6. The largest absolute Gasteiger partial charge is 0.289 e. The molecule has 2 aromatic carbocycles. The van der Waals surface area contributed by atoms with Crippen LogP contribution in [0.5, 0.6) is 0 Å². The van der Waals surface area contributed by atoms with Crippen molar-refractivity contribution >= 4 is 37.8 Å². The molecule has 0 aliphatic heterocycles. The maximum atomic E-state index is 12.4. The number of halogens is 1. The van der Waals surface area contributed by atoms with Crippen molar-refractivity contribution < 1.29 is 13.2 Å². The SMILES string of the molecule is CC(C)(C)NS(=O)(=O)c1ccc(C(=O)Nc2ncn(Cc3ccc(Br)cc3)n2)cc1. The number of carbonyl (C=O) groups is 1. The molecule has 158 valence electrons. The van der Waals surface area contributed by atoms with Gasteiger partial charge in [-0.05, 0) is 62.7 Å². The summed E-state index contributed by atoms with van der Waals surface area (Å²) < 4.78 is 29.9. The lowest BCUT2D eigenvalue weighted by Crippen LogP contribution is -2.40. The summed E-state index contributed by atoms with van der Waals surface area (Å²) in [6, 6.07) is 13.5. The van der Waals surface area contributed by atoms with Crippen molar-refractivity contribution in [2.45, 2.75) is 37.8 Å². The van der Waals surface area contributed by atoms with Gasteiger partial charge in [0.2, 0.25) is 16.0 Å². The van der Waals surface area contributed by atoms with Crippen molar-refractivity contribution in [1.29, 1.82) is 0 Å². The molecule has 8 nitrogen and oxygen atoms in total. The van der Waals surface area contributed by atoms with Crippen molar-refractivity contribution in [1.82, 2.24) is 19.5 Å². The molecule has 0 aliphatic rings. The molecule has 0 saturated carbocycles. The summed E-state index contributed by atoms with van der Waals surface area (Å²) in [7, 11) is -3.66. The average Bonchev–Trinajstić information content (AvgIpc) is 3.08. The Hall–Kier alpha value is -2.56. The van der Waals surface area contributed by atoms with Crippen molar-refractivity contribution in [2.24, 2.45) is 0 Å². The number of aromatic nitrogens is 3. The second-order valence-corrected chi connectivity index (χ2v) is 10.3. The minimum Gasteiger partial charge on any atom is -0.289 e. The molecule has 1 amide bonds. The lowest BCUT2D eigenvalue weighted by atomic mass is 10.1. The van der Waals surface area contributed by atoms with Gasteiger partial charge in [-0.15, -0.1) is 5.10 Å². The van der Waals surface area contributed by atoms with Crippen LogP contribution in [0, 0.1) is 0 Å². The van der Waals surface area contributed by atoms with E-state index < -0.39 is 21.5 Å². The highest BCUT2D eigenvalue weighted by molar-refractivity contribution is 9.10. The molecule has 0 fully saturated rings. The van der Waals surface area contributed by atoms with Crippen molar-refractivity contribution in [3.8, 4) is 0 Å². The fourth-order valence-electron chi connectivity index (χ4n) is 2.63. The van der Waals surface area contributed by atoms with Gasteiger partial charge in [-0.25, -0.2) is 22.8 Å². The van der Waals surface area contributed by atoms with E-state index in [1.54, 1.807) is 25.5 Å². The number of benzene rings is 2. The van der Waals surface area contributed by atoms with Crippen LogP contribution >= 0.6 is 15.9 Å². The Morgan fingerprint density at radius 3 is 2.30 bits per heavy atom. The summed E-state index contributed by atoms with van der Waals surface area (Å²) >= 11 is 3.39. The molecule has 0 atom stereocenters. The van der Waals surface area contributed by atoms with Gasteiger partial charge in [-0.2, -0.15) is 0 Å². The van der Waals surface area contributed by atoms with E-state index in [1.807, 2.05) is 24.3 Å². The smallest absolute Gasteiger partial charge is 0.258 e. The van der Waals surface area contributed by atoms with Gasteiger partial charge in [-0.3, -0.25) is 10.1 Å². The van der Waals surface area contributed by atoms with Gasteiger partial charge in [0.25, 0.3) is 5.91 Å². The van der Waals surface area contributed by atoms with Crippen LogP contribution in [0.2, 0.25) is 0 Å². The quantitative estimate of drug-likeness (QED) is 0.549. The summed E-state index contributed by atoms with van der Waals surface area (Å²) in [4.78, 5) is 16.6. The fourth-order valence-corrected chi connectivity index (χ4v) is 4.31.